The van der Waals surface area contributed by atoms with Crippen molar-refractivity contribution in [2.24, 2.45) is 5.73 Å². The van der Waals surface area contributed by atoms with E-state index >= 15 is 0 Å². The highest BCUT2D eigenvalue weighted by molar-refractivity contribution is 6.02. The maximum Gasteiger partial charge on any atom is 0.263 e. The van der Waals surface area contributed by atoms with E-state index in [4.69, 9.17) is 10.3 Å². The lowest BCUT2D eigenvalue weighted by molar-refractivity contribution is -0.132. The van der Waals surface area contributed by atoms with Crippen molar-refractivity contribution in [2.45, 2.75) is 26.4 Å². The van der Waals surface area contributed by atoms with Crippen molar-refractivity contribution in [2.75, 3.05) is 26.2 Å². The summed E-state index contributed by atoms with van der Waals surface area (Å²) in [4.78, 5) is 42.0. The lowest BCUT2D eigenvalue weighted by Gasteiger charge is -2.42. The lowest BCUT2D eigenvalue weighted by Crippen LogP contribution is -2.63. The Labute approximate surface area is 173 Å². The monoisotopic (exact) mass is 417 g/mol. The number of carbonyl (C=O) groups is 3. The summed E-state index contributed by atoms with van der Waals surface area (Å²) in [7, 11) is 0. The van der Waals surface area contributed by atoms with E-state index in [-0.39, 0.29) is 37.3 Å². The maximum absolute atomic E-state index is 13.3. The van der Waals surface area contributed by atoms with Gasteiger partial charge >= 0.3 is 0 Å². The molecule has 2 aromatic rings. The number of hydrogen-bond donors (Lipinski definition) is 2. The topological polar surface area (TPSA) is 122 Å². The van der Waals surface area contributed by atoms with Crippen LogP contribution in [0.3, 0.4) is 0 Å². The molecule has 0 bridgehead atoms. The molecule has 10 heteroatoms. The standard InChI is InChI=1S/C20H24FN5O4/c1-12-16(13(2)30-24-12)20(29)26-11-3-10-25(18(26)17(27)23-9-8-22)19(28)14-4-6-15(21)7-5-14/h4-7,18H,3,8-11,22H2,1-2H3,(H,23,27). The van der Waals surface area contributed by atoms with Gasteiger partial charge in [0.1, 0.15) is 17.1 Å². The first-order chi connectivity index (χ1) is 14.3. The smallest absolute Gasteiger partial charge is 0.263 e. The SMILES string of the molecule is Cc1noc(C)c1C(=O)N1CCCN(C(=O)c2ccc(F)cc2)C1C(=O)NCCN. The lowest BCUT2D eigenvalue weighted by atomic mass is 10.1. The predicted octanol–water partition coefficient (Wildman–Crippen LogP) is 0.820. The van der Waals surface area contributed by atoms with Crippen molar-refractivity contribution < 1.29 is 23.3 Å². The quantitative estimate of drug-likeness (QED) is 0.743. The third-order valence-electron chi connectivity index (χ3n) is 4.93. The van der Waals surface area contributed by atoms with Crippen molar-refractivity contribution in [1.29, 1.82) is 0 Å². The van der Waals surface area contributed by atoms with Crippen LogP contribution in [-0.4, -0.2) is 65.0 Å². The molecule has 1 aromatic carbocycles. The van der Waals surface area contributed by atoms with E-state index in [0.717, 1.165) is 0 Å². The number of carbonyl (C=O) groups excluding carboxylic acids is 3. The van der Waals surface area contributed by atoms with Crippen LogP contribution < -0.4 is 11.1 Å². The van der Waals surface area contributed by atoms with E-state index in [0.29, 0.717) is 17.9 Å². The molecule has 1 aliphatic rings. The summed E-state index contributed by atoms with van der Waals surface area (Å²) >= 11 is 0. The number of halogens is 1. The summed E-state index contributed by atoms with van der Waals surface area (Å²) in [5, 5.41) is 6.46. The van der Waals surface area contributed by atoms with E-state index < -0.39 is 29.7 Å². The highest BCUT2D eigenvalue weighted by Gasteiger charge is 2.41. The van der Waals surface area contributed by atoms with Gasteiger partial charge in [-0.05, 0) is 44.5 Å². The average Bonchev–Trinajstić information content (AvgIpc) is 3.09. The summed E-state index contributed by atoms with van der Waals surface area (Å²) in [5.41, 5.74) is 6.38. The molecular weight excluding hydrogens is 393 g/mol. The largest absolute Gasteiger partial charge is 0.361 e. The Morgan fingerprint density at radius 3 is 2.37 bits per heavy atom. The van der Waals surface area contributed by atoms with E-state index in [9.17, 15) is 18.8 Å². The number of nitrogens with two attached hydrogens (primary N) is 1. The van der Waals surface area contributed by atoms with Gasteiger partial charge in [-0.3, -0.25) is 14.4 Å². The molecule has 30 heavy (non-hydrogen) atoms. The molecule has 0 radical (unpaired) electrons. The van der Waals surface area contributed by atoms with E-state index in [1.54, 1.807) is 13.8 Å². The highest BCUT2D eigenvalue weighted by Crippen LogP contribution is 2.23. The molecule has 1 saturated heterocycles. The molecule has 2 heterocycles. The first-order valence-corrected chi connectivity index (χ1v) is 9.63. The predicted molar refractivity (Wildman–Crippen MR) is 105 cm³/mol. The Morgan fingerprint density at radius 2 is 1.80 bits per heavy atom. The second-order valence-corrected chi connectivity index (χ2v) is 7.01. The molecule has 1 aliphatic heterocycles. The molecule has 3 N–H and O–H groups in total. The van der Waals surface area contributed by atoms with Gasteiger partial charge in [-0.15, -0.1) is 0 Å². The minimum Gasteiger partial charge on any atom is -0.361 e. The summed E-state index contributed by atoms with van der Waals surface area (Å²) in [6, 6.07) is 5.05. The zero-order valence-corrected chi connectivity index (χ0v) is 16.9. The van der Waals surface area contributed by atoms with Gasteiger partial charge in [0.2, 0.25) is 0 Å². The van der Waals surface area contributed by atoms with E-state index in [2.05, 4.69) is 10.5 Å². The molecule has 9 nitrogen and oxygen atoms in total. The molecule has 1 fully saturated rings. The number of amides is 3. The van der Waals surface area contributed by atoms with Crippen LogP contribution in [0.2, 0.25) is 0 Å². The molecule has 3 rings (SSSR count). The Bertz CT molecular complexity index is 924. The summed E-state index contributed by atoms with van der Waals surface area (Å²) in [6.45, 7) is 4.20. The van der Waals surface area contributed by atoms with Crippen LogP contribution in [0.5, 0.6) is 0 Å². The first-order valence-electron chi connectivity index (χ1n) is 9.63. The molecule has 1 atom stereocenters. The Morgan fingerprint density at radius 1 is 1.17 bits per heavy atom. The Kier molecular flexibility index (Phi) is 6.46. The number of hydrogen-bond acceptors (Lipinski definition) is 6. The average molecular weight is 417 g/mol. The van der Waals surface area contributed by atoms with Gasteiger partial charge in [-0.25, -0.2) is 4.39 Å². The number of aromatic nitrogens is 1. The fraction of sp³-hybridized carbons (Fsp3) is 0.400. The first kappa shape index (κ1) is 21.4. The molecule has 3 amide bonds. The maximum atomic E-state index is 13.3. The number of rotatable bonds is 5. The van der Waals surface area contributed by atoms with Gasteiger partial charge in [0.05, 0.1) is 5.69 Å². The number of nitrogens with zero attached hydrogens (tertiary/aromatic N) is 3. The third-order valence-corrected chi connectivity index (χ3v) is 4.93. The van der Waals surface area contributed by atoms with Crippen LogP contribution in [0.25, 0.3) is 0 Å². The van der Waals surface area contributed by atoms with Crippen molar-refractivity contribution in [1.82, 2.24) is 20.3 Å². The normalized spacial score (nSPS) is 16.5. The van der Waals surface area contributed by atoms with Gasteiger partial charge in [0, 0.05) is 31.7 Å². The van der Waals surface area contributed by atoms with Crippen molar-refractivity contribution in [3.63, 3.8) is 0 Å². The van der Waals surface area contributed by atoms with E-state index in [1.807, 2.05) is 0 Å². The Hall–Kier alpha value is -3.27. The van der Waals surface area contributed by atoms with Gasteiger partial charge in [0.25, 0.3) is 17.7 Å². The molecule has 0 spiro atoms. The summed E-state index contributed by atoms with van der Waals surface area (Å²) < 4.78 is 18.4. The third kappa shape index (κ3) is 4.18. The van der Waals surface area contributed by atoms with Crippen LogP contribution in [0.4, 0.5) is 4.39 Å². The highest BCUT2D eigenvalue weighted by atomic mass is 19.1. The van der Waals surface area contributed by atoms with Crippen LogP contribution in [0, 0.1) is 19.7 Å². The number of aryl methyl sites for hydroxylation is 2. The number of benzene rings is 1. The van der Waals surface area contributed by atoms with E-state index in [1.165, 1.54) is 34.1 Å². The molecule has 1 unspecified atom stereocenters. The van der Waals surface area contributed by atoms with Crippen LogP contribution in [0.1, 0.15) is 38.6 Å². The summed E-state index contributed by atoms with van der Waals surface area (Å²) in [5.74, 6) is -1.58. The Balaban J connectivity index is 1.97. The molecule has 0 aliphatic carbocycles. The molecular formula is C20H24FN5O4. The van der Waals surface area contributed by atoms with Gasteiger partial charge < -0.3 is 25.4 Å². The zero-order chi connectivity index (χ0) is 21.8. The second-order valence-electron chi connectivity index (χ2n) is 7.01. The molecule has 0 saturated carbocycles. The van der Waals surface area contributed by atoms with Crippen LogP contribution >= 0.6 is 0 Å². The second kappa shape index (κ2) is 9.04. The molecule has 1 aromatic heterocycles. The van der Waals surface area contributed by atoms with Crippen molar-refractivity contribution in [3.8, 4) is 0 Å². The number of nitrogens with one attached hydrogen (secondary N) is 1. The molecule has 160 valence electrons. The van der Waals surface area contributed by atoms with Gasteiger partial charge in [-0.1, -0.05) is 5.16 Å². The fourth-order valence-electron chi connectivity index (χ4n) is 3.51. The van der Waals surface area contributed by atoms with Crippen LogP contribution in [-0.2, 0) is 4.79 Å². The fourth-order valence-corrected chi connectivity index (χ4v) is 3.51. The zero-order valence-electron chi connectivity index (χ0n) is 16.9. The van der Waals surface area contributed by atoms with Crippen LogP contribution in [0.15, 0.2) is 28.8 Å². The van der Waals surface area contributed by atoms with Gasteiger partial charge in [0.15, 0.2) is 6.17 Å². The minimum absolute atomic E-state index is 0.196. The summed E-state index contributed by atoms with van der Waals surface area (Å²) in [6.07, 6.45) is -0.702. The minimum atomic E-state index is -1.18. The van der Waals surface area contributed by atoms with Crippen molar-refractivity contribution in [3.05, 3.63) is 52.7 Å². The van der Waals surface area contributed by atoms with Crippen molar-refractivity contribution >= 4 is 17.7 Å². The van der Waals surface area contributed by atoms with Gasteiger partial charge in [-0.2, -0.15) is 0 Å².